The van der Waals surface area contributed by atoms with Gasteiger partial charge in [0.1, 0.15) is 0 Å². The average molecular weight is 1380 g/mol. The van der Waals surface area contributed by atoms with Crippen LogP contribution in [0.4, 0.5) is 22.2 Å². The summed E-state index contributed by atoms with van der Waals surface area (Å²) in [5.41, 5.74) is 13.2. The minimum Gasteiger partial charge on any atom is -0.369 e. The number of aryl methyl sites for hydroxylation is 2. The Bertz CT molecular complexity index is 3890. The lowest BCUT2D eigenvalue weighted by Crippen LogP contribution is -2.48. The highest BCUT2D eigenvalue weighted by Crippen LogP contribution is 2.37. The summed E-state index contributed by atoms with van der Waals surface area (Å²) >= 11 is 1.74. The Balaban J connectivity index is 0.000000128. The second-order valence-corrected chi connectivity index (χ2v) is 29.6. The Morgan fingerprint density at radius 3 is 1.08 bits per heavy atom. The first-order valence-corrected chi connectivity index (χ1v) is 37.7. The molecule has 5 saturated heterocycles. The summed E-state index contributed by atoms with van der Waals surface area (Å²) in [6.07, 6.45) is 21.3. The number of piperazine rings is 4. The highest BCUT2D eigenvalue weighted by atomic mass is 32.1. The van der Waals surface area contributed by atoms with Crippen LogP contribution in [0.15, 0.2) is 176 Å². The van der Waals surface area contributed by atoms with Crippen LogP contribution in [0, 0.1) is 13.8 Å². The minimum atomic E-state index is 0.625. The SMILES string of the molecule is CC(C)N1CC=C(c2ccc(-c3ncccn3)cc2)CC1.CC(C)N1CCN(c2ccc(-c3ncccn3)cc2)CC1.CC(C)N1CCN(c2nccs2)CC1.Cc1cnc(-c2ccc(N3CCN(C(C)C)CC3)cc2)nc1.Cc1cnc(-c2ccc(N3C[C@@H]4C[C@H]3CN4C(C)C)cc2)nc1. The van der Waals surface area contributed by atoms with Crippen LogP contribution < -0.4 is 19.6 Å². The zero-order chi connectivity index (χ0) is 70.8. The molecule has 0 radical (unpaired) electrons. The van der Waals surface area contributed by atoms with E-state index in [0.29, 0.717) is 36.3 Å². The molecule has 0 saturated carbocycles. The maximum absolute atomic E-state index is 4.41. The van der Waals surface area contributed by atoms with Crippen LogP contribution in [0.3, 0.4) is 0 Å². The lowest BCUT2D eigenvalue weighted by Gasteiger charge is -2.38. The molecule has 0 amide bonds. The van der Waals surface area contributed by atoms with Crippen molar-refractivity contribution in [1.29, 1.82) is 0 Å². The Morgan fingerprint density at radius 1 is 0.356 bits per heavy atom. The summed E-state index contributed by atoms with van der Waals surface area (Å²) in [6, 6.07) is 42.8. The van der Waals surface area contributed by atoms with Crippen molar-refractivity contribution < 1.29 is 0 Å². The van der Waals surface area contributed by atoms with Crippen LogP contribution in [-0.2, 0) is 0 Å². The molecule has 11 heterocycles. The molecular weight excluding hydrogens is 1270 g/mol. The van der Waals surface area contributed by atoms with Crippen molar-refractivity contribution >= 4 is 39.1 Å². The number of aromatic nitrogens is 9. The number of fused-ring (bicyclic) bond motifs is 2. The van der Waals surface area contributed by atoms with Crippen LogP contribution in [-0.4, -0.2) is 216 Å². The predicted octanol–water partition coefficient (Wildman–Crippen LogP) is 14.1. The van der Waals surface area contributed by atoms with E-state index < -0.39 is 0 Å². The molecular formula is C82H108N18S. The lowest BCUT2D eigenvalue weighted by molar-refractivity contribution is 0.191. The molecule has 9 aromatic rings. The van der Waals surface area contributed by atoms with Crippen LogP contribution in [0.1, 0.15) is 98.8 Å². The molecule has 4 aromatic carbocycles. The van der Waals surface area contributed by atoms with Crippen LogP contribution in [0.5, 0.6) is 0 Å². The Morgan fingerprint density at radius 2 is 0.733 bits per heavy atom. The number of rotatable bonds is 14. The van der Waals surface area contributed by atoms with Crippen LogP contribution >= 0.6 is 11.3 Å². The maximum Gasteiger partial charge on any atom is 0.185 e. The third kappa shape index (κ3) is 20.2. The van der Waals surface area contributed by atoms with Gasteiger partial charge in [-0.1, -0.05) is 30.3 Å². The number of anilines is 4. The van der Waals surface area contributed by atoms with Gasteiger partial charge in [-0.2, -0.15) is 0 Å². The highest BCUT2D eigenvalue weighted by molar-refractivity contribution is 7.13. The van der Waals surface area contributed by atoms with E-state index in [2.05, 4.69) is 261 Å². The third-order valence-electron chi connectivity index (χ3n) is 20.4. The normalized spacial score (nSPS) is 18.4. The van der Waals surface area contributed by atoms with Gasteiger partial charge in [0, 0.05) is 247 Å². The molecule has 0 spiro atoms. The van der Waals surface area contributed by atoms with Crippen molar-refractivity contribution in [2.75, 3.05) is 124 Å². The lowest BCUT2D eigenvalue weighted by atomic mass is 9.98. The first-order chi connectivity index (χ1) is 49.0. The largest absolute Gasteiger partial charge is 0.369 e. The van der Waals surface area contributed by atoms with Gasteiger partial charge in [0.2, 0.25) is 0 Å². The average Bonchev–Trinajstić information content (AvgIpc) is 1.63. The number of likely N-dealkylation sites (tertiary alicyclic amines) is 1. The van der Waals surface area contributed by atoms with Gasteiger partial charge >= 0.3 is 0 Å². The van der Waals surface area contributed by atoms with E-state index in [1.54, 1.807) is 36.1 Å². The summed E-state index contributed by atoms with van der Waals surface area (Å²) in [5.74, 6) is 3.17. The summed E-state index contributed by atoms with van der Waals surface area (Å²) < 4.78 is 0. The summed E-state index contributed by atoms with van der Waals surface area (Å²) in [4.78, 5) is 61.7. The zero-order valence-corrected chi connectivity index (χ0v) is 62.8. The second kappa shape index (κ2) is 35.9. The van der Waals surface area contributed by atoms with E-state index >= 15 is 0 Å². The van der Waals surface area contributed by atoms with E-state index in [9.17, 15) is 0 Å². The van der Waals surface area contributed by atoms with E-state index in [4.69, 9.17) is 0 Å². The minimum absolute atomic E-state index is 0.625. The molecule has 15 rings (SSSR count). The monoisotopic (exact) mass is 1380 g/mol. The first-order valence-electron chi connectivity index (χ1n) is 36.9. The molecule has 5 aromatic heterocycles. The van der Waals surface area contributed by atoms with Gasteiger partial charge < -0.3 is 19.6 Å². The highest BCUT2D eigenvalue weighted by Gasteiger charge is 2.44. The van der Waals surface area contributed by atoms with Crippen molar-refractivity contribution in [3.8, 4) is 45.6 Å². The fraction of sp³-hybridized carbons (Fsp3) is 0.451. The second-order valence-electron chi connectivity index (χ2n) is 28.8. The molecule has 6 aliphatic heterocycles. The van der Waals surface area contributed by atoms with Gasteiger partial charge in [-0.25, -0.2) is 44.9 Å². The van der Waals surface area contributed by atoms with E-state index in [-0.39, 0.29) is 0 Å². The number of hydrogen-bond donors (Lipinski definition) is 0. The fourth-order valence-corrected chi connectivity index (χ4v) is 14.8. The summed E-state index contributed by atoms with van der Waals surface area (Å²) in [7, 11) is 0. The predicted molar refractivity (Wildman–Crippen MR) is 419 cm³/mol. The van der Waals surface area contributed by atoms with Gasteiger partial charge in [-0.3, -0.25) is 24.5 Å². The summed E-state index contributed by atoms with van der Waals surface area (Å²) in [6.45, 7) is 44.8. The smallest absolute Gasteiger partial charge is 0.185 e. The number of nitrogens with zero attached hydrogens (tertiary/aromatic N) is 18. The number of hydrogen-bond acceptors (Lipinski definition) is 19. The molecule has 18 nitrogen and oxygen atoms in total. The third-order valence-corrected chi connectivity index (χ3v) is 21.2. The molecule has 2 atom stereocenters. The van der Waals surface area contributed by atoms with Gasteiger partial charge in [0.25, 0.3) is 0 Å². The van der Waals surface area contributed by atoms with Crippen molar-refractivity contribution in [3.63, 3.8) is 0 Å². The fourth-order valence-electron chi connectivity index (χ4n) is 14.1. The van der Waals surface area contributed by atoms with Gasteiger partial charge in [0.15, 0.2) is 28.4 Å². The molecule has 101 heavy (non-hydrogen) atoms. The number of thiazole rings is 1. The van der Waals surface area contributed by atoms with Crippen molar-refractivity contribution in [3.05, 3.63) is 193 Å². The Labute approximate surface area is 606 Å². The molecule has 0 N–H and O–H groups in total. The van der Waals surface area contributed by atoms with Crippen molar-refractivity contribution in [1.82, 2.24) is 69.4 Å². The summed E-state index contributed by atoms with van der Waals surface area (Å²) in [5, 5.41) is 3.22. The van der Waals surface area contributed by atoms with Gasteiger partial charge in [0.05, 0.1) is 0 Å². The van der Waals surface area contributed by atoms with Crippen molar-refractivity contribution in [2.45, 2.75) is 138 Å². The zero-order valence-electron chi connectivity index (χ0n) is 62.0. The molecule has 532 valence electrons. The molecule has 0 unspecified atom stereocenters. The molecule has 2 bridgehead atoms. The van der Waals surface area contributed by atoms with Crippen LogP contribution in [0.25, 0.3) is 51.1 Å². The molecule has 5 fully saturated rings. The quantitative estimate of drug-likeness (QED) is 0.102. The van der Waals surface area contributed by atoms with Crippen LogP contribution in [0.2, 0.25) is 0 Å². The first kappa shape index (κ1) is 73.8. The molecule has 19 heteroatoms. The van der Waals surface area contributed by atoms with Crippen molar-refractivity contribution in [2.24, 2.45) is 0 Å². The van der Waals surface area contributed by atoms with E-state index in [1.807, 2.05) is 62.3 Å². The van der Waals surface area contributed by atoms with Gasteiger partial charge in [-0.15, -0.1) is 11.3 Å². The molecule has 0 aliphatic carbocycles. The molecule has 6 aliphatic rings. The topological polar surface area (TPSA) is 145 Å². The van der Waals surface area contributed by atoms with E-state index in [0.717, 1.165) is 167 Å². The Hall–Kier alpha value is -8.43. The number of benzene rings is 4. The van der Waals surface area contributed by atoms with Gasteiger partial charge in [-0.05, 0) is 203 Å². The van der Waals surface area contributed by atoms with E-state index in [1.165, 1.54) is 46.3 Å². The maximum atomic E-state index is 4.41. The Kier molecular flexibility index (Phi) is 26.3. The standard InChI is InChI=1S/C19H24N4.C18H24N4.C18H21N3.C17H22N4.C10H17N3S/c1-13(2)22-11-18-8-17(22)12-23(18)16-6-4-15(5-7-16)19-20-9-14(3)10-21-19;1-14(2)21-8-10-22(11-9-21)17-6-4-16(5-7-17)18-19-12-15(3)13-20-18;1-14(2)21-12-8-16(9-13-21)15-4-6-17(7-5-15)18-19-10-3-11-20-18;1-14(2)20-10-12-21(13-11-20)16-6-4-15(5-7-16)17-18-8-3-9-19-17;1-9(2)12-4-6-13(7-5-12)10-11-3-8-14-10/h4-7,9-10,13,17-18H,8,11-12H2,1-3H3;4-7,12-14H,8-11H2,1-3H3;3-8,10-11,14H,9,12-13H2,1-2H3;3-9,14H,10-13H2,1-2H3;3,8-9H,4-7H2,1-2H3/t17-,18-;;;;/m0..../s1.